The van der Waals surface area contributed by atoms with E-state index in [1.807, 2.05) is 12.1 Å². The summed E-state index contributed by atoms with van der Waals surface area (Å²) in [4.78, 5) is 13.3. The van der Waals surface area contributed by atoms with Crippen molar-refractivity contribution in [3.8, 4) is 0 Å². The number of benzene rings is 2. The first-order chi connectivity index (χ1) is 12.3. The zero-order chi connectivity index (χ0) is 18.8. The van der Waals surface area contributed by atoms with Crippen LogP contribution in [0.3, 0.4) is 0 Å². The number of carbonyl (C=O) groups is 1. The monoisotopic (exact) mass is 369 g/mol. The molecule has 26 heavy (non-hydrogen) atoms. The molecule has 0 saturated carbocycles. The molecule has 0 unspecified atom stereocenters. The molecule has 2 aromatic rings. The Hall–Kier alpha value is -2.11. The molecule has 0 aromatic heterocycles. The van der Waals surface area contributed by atoms with E-state index in [2.05, 4.69) is 69.3 Å². The molecule has 138 valence electrons. The van der Waals surface area contributed by atoms with Gasteiger partial charge in [0.2, 0.25) is 0 Å². The van der Waals surface area contributed by atoms with Crippen molar-refractivity contribution in [3.63, 3.8) is 0 Å². The van der Waals surface area contributed by atoms with E-state index in [4.69, 9.17) is 9.16 Å². The van der Waals surface area contributed by atoms with Crippen LogP contribution in [0.15, 0.2) is 60.7 Å². The van der Waals surface area contributed by atoms with Crippen molar-refractivity contribution >= 4 is 24.8 Å². The van der Waals surface area contributed by atoms with E-state index in [1.165, 1.54) is 10.4 Å². The van der Waals surface area contributed by atoms with Gasteiger partial charge in [0.1, 0.15) is 6.10 Å². The van der Waals surface area contributed by atoms with Crippen LogP contribution in [0.25, 0.3) is 0 Å². The average molecular weight is 370 g/mol. The van der Waals surface area contributed by atoms with Crippen LogP contribution in [0.2, 0.25) is 5.04 Å². The predicted molar refractivity (Wildman–Crippen MR) is 106 cm³/mol. The smallest absolute Gasteiger partial charge is 0.410 e. The average Bonchev–Trinajstić information content (AvgIpc) is 2.94. The van der Waals surface area contributed by atoms with Crippen molar-refractivity contribution in [1.29, 1.82) is 0 Å². The summed E-state index contributed by atoms with van der Waals surface area (Å²) in [5.41, 5.74) is 0. The molecule has 1 amide bonds. The molecule has 0 N–H and O–H groups in total. The highest BCUT2D eigenvalue weighted by molar-refractivity contribution is 6.99. The van der Waals surface area contributed by atoms with Gasteiger partial charge in [-0.05, 0) is 15.4 Å². The van der Waals surface area contributed by atoms with Crippen LogP contribution in [0, 0.1) is 0 Å². The molecule has 1 atom stereocenters. The number of amides is 1. The van der Waals surface area contributed by atoms with Crippen molar-refractivity contribution < 1.29 is 14.0 Å². The Labute approximate surface area is 156 Å². The SMILES string of the molecule is CN1C[C@H](CO[Si](c2ccccc2)(c2ccccc2)C(C)(C)C)OC1=O. The van der Waals surface area contributed by atoms with Crippen molar-refractivity contribution in [3.05, 3.63) is 60.7 Å². The van der Waals surface area contributed by atoms with Gasteiger partial charge in [0.25, 0.3) is 8.32 Å². The molecule has 0 aliphatic carbocycles. The van der Waals surface area contributed by atoms with E-state index in [1.54, 1.807) is 11.9 Å². The van der Waals surface area contributed by atoms with Gasteiger partial charge < -0.3 is 14.1 Å². The van der Waals surface area contributed by atoms with E-state index in [0.717, 1.165) is 0 Å². The van der Waals surface area contributed by atoms with Crippen LogP contribution in [0.4, 0.5) is 4.79 Å². The van der Waals surface area contributed by atoms with E-state index in [-0.39, 0.29) is 17.2 Å². The third-order valence-electron chi connectivity index (χ3n) is 4.96. The van der Waals surface area contributed by atoms with Crippen LogP contribution in [-0.4, -0.2) is 45.6 Å². The normalized spacial score (nSPS) is 18.1. The van der Waals surface area contributed by atoms with Crippen LogP contribution in [-0.2, 0) is 9.16 Å². The van der Waals surface area contributed by atoms with Gasteiger partial charge >= 0.3 is 6.09 Å². The molecular formula is C21H27NO3Si. The molecule has 5 heteroatoms. The Kier molecular flexibility index (Phi) is 5.21. The van der Waals surface area contributed by atoms with Crippen LogP contribution < -0.4 is 10.4 Å². The lowest BCUT2D eigenvalue weighted by Crippen LogP contribution is -2.67. The number of rotatable bonds is 5. The molecule has 1 fully saturated rings. The third-order valence-corrected chi connectivity index (χ3v) is 9.96. The molecule has 3 rings (SSSR count). The molecular weight excluding hydrogens is 342 g/mol. The number of ether oxygens (including phenoxy) is 1. The summed E-state index contributed by atoms with van der Waals surface area (Å²) in [6.45, 7) is 7.70. The Morgan fingerprint density at radius 1 is 1.04 bits per heavy atom. The highest BCUT2D eigenvalue weighted by Crippen LogP contribution is 2.37. The fraction of sp³-hybridized carbons (Fsp3) is 0.381. The highest BCUT2D eigenvalue weighted by atomic mass is 28.4. The number of hydrogen-bond acceptors (Lipinski definition) is 3. The minimum Gasteiger partial charge on any atom is -0.442 e. The van der Waals surface area contributed by atoms with Crippen LogP contribution in [0.1, 0.15) is 20.8 Å². The molecule has 0 spiro atoms. The fourth-order valence-corrected chi connectivity index (χ4v) is 8.31. The number of likely N-dealkylation sites (N-methyl/N-ethyl adjacent to an activating group) is 1. The second-order valence-corrected chi connectivity index (χ2v) is 12.2. The number of cyclic esters (lactones) is 1. The summed E-state index contributed by atoms with van der Waals surface area (Å²) >= 11 is 0. The van der Waals surface area contributed by atoms with Gasteiger partial charge in [-0.15, -0.1) is 0 Å². The van der Waals surface area contributed by atoms with E-state index in [9.17, 15) is 4.79 Å². The first-order valence-electron chi connectivity index (χ1n) is 9.01. The Morgan fingerprint density at radius 2 is 1.54 bits per heavy atom. The molecule has 1 saturated heterocycles. The molecule has 1 aliphatic heterocycles. The summed E-state index contributed by atoms with van der Waals surface area (Å²) in [6.07, 6.45) is -0.504. The third kappa shape index (κ3) is 3.41. The van der Waals surface area contributed by atoms with Gasteiger partial charge in [0, 0.05) is 7.05 Å². The largest absolute Gasteiger partial charge is 0.442 e. The second-order valence-electron chi connectivity index (χ2n) is 7.86. The molecule has 0 radical (unpaired) electrons. The van der Waals surface area contributed by atoms with E-state index in [0.29, 0.717) is 13.2 Å². The van der Waals surface area contributed by atoms with Crippen molar-refractivity contribution in [2.24, 2.45) is 0 Å². The first kappa shape index (κ1) is 18.7. The van der Waals surface area contributed by atoms with Gasteiger partial charge in [-0.25, -0.2) is 4.79 Å². The van der Waals surface area contributed by atoms with E-state index < -0.39 is 8.32 Å². The van der Waals surface area contributed by atoms with Gasteiger partial charge in [-0.3, -0.25) is 0 Å². The maximum Gasteiger partial charge on any atom is 0.410 e. The topological polar surface area (TPSA) is 38.8 Å². The first-order valence-corrected chi connectivity index (χ1v) is 10.9. The summed E-state index contributed by atoms with van der Waals surface area (Å²) in [6, 6.07) is 21.0. The lowest BCUT2D eigenvalue weighted by atomic mass is 10.2. The molecule has 0 bridgehead atoms. The maximum atomic E-state index is 11.7. The van der Waals surface area contributed by atoms with E-state index >= 15 is 0 Å². The Morgan fingerprint density at radius 3 is 1.92 bits per heavy atom. The quantitative estimate of drug-likeness (QED) is 0.761. The molecule has 4 nitrogen and oxygen atoms in total. The molecule has 1 aliphatic rings. The lowest BCUT2D eigenvalue weighted by molar-refractivity contribution is 0.0998. The summed E-state index contributed by atoms with van der Waals surface area (Å²) in [5, 5.41) is 2.39. The van der Waals surface area contributed by atoms with Crippen molar-refractivity contribution in [2.45, 2.75) is 31.9 Å². The summed E-state index contributed by atoms with van der Waals surface area (Å²) < 4.78 is 12.2. The molecule has 2 aromatic carbocycles. The zero-order valence-electron chi connectivity index (χ0n) is 15.9. The van der Waals surface area contributed by atoms with Crippen molar-refractivity contribution in [1.82, 2.24) is 4.90 Å². The van der Waals surface area contributed by atoms with Gasteiger partial charge in [-0.1, -0.05) is 81.4 Å². The van der Waals surface area contributed by atoms with Crippen LogP contribution in [0.5, 0.6) is 0 Å². The number of nitrogens with zero attached hydrogens (tertiary/aromatic N) is 1. The molecule has 1 heterocycles. The minimum absolute atomic E-state index is 0.0791. The second kappa shape index (κ2) is 7.25. The highest BCUT2D eigenvalue weighted by Gasteiger charge is 2.50. The Bertz CT molecular complexity index is 703. The number of carbonyl (C=O) groups excluding carboxylic acids is 1. The standard InChI is InChI=1S/C21H27NO3Si/c1-21(2,3)26(18-11-7-5-8-12-18,19-13-9-6-10-14-19)24-16-17-15-22(4)20(23)25-17/h5-14,17H,15-16H2,1-4H3/t17-/m1/s1. The van der Waals surface area contributed by atoms with Gasteiger partial charge in [0.05, 0.1) is 13.2 Å². The fourth-order valence-electron chi connectivity index (χ4n) is 3.72. The Balaban J connectivity index is 2.02. The zero-order valence-corrected chi connectivity index (χ0v) is 16.9. The lowest BCUT2D eigenvalue weighted by Gasteiger charge is -2.43. The summed E-state index contributed by atoms with van der Waals surface area (Å²) in [7, 11) is -0.816. The predicted octanol–water partition coefficient (Wildman–Crippen LogP) is 3.01. The van der Waals surface area contributed by atoms with Crippen LogP contribution >= 0.6 is 0 Å². The van der Waals surface area contributed by atoms with Gasteiger partial charge in [-0.2, -0.15) is 0 Å². The minimum atomic E-state index is -2.57. The summed E-state index contributed by atoms with van der Waals surface area (Å²) in [5.74, 6) is 0. The van der Waals surface area contributed by atoms with Crippen molar-refractivity contribution in [2.75, 3.05) is 20.2 Å². The van der Waals surface area contributed by atoms with Gasteiger partial charge in [0.15, 0.2) is 0 Å². The maximum absolute atomic E-state index is 11.7. The number of hydrogen-bond donors (Lipinski definition) is 0.